The summed E-state index contributed by atoms with van der Waals surface area (Å²) in [6.45, 7) is 2.12. The third-order valence-electron chi connectivity index (χ3n) is 3.89. The lowest BCUT2D eigenvalue weighted by Crippen LogP contribution is -2.36. The van der Waals surface area contributed by atoms with E-state index in [4.69, 9.17) is 0 Å². The van der Waals surface area contributed by atoms with Gasteiger partial charge in [-0.25, -0.2) is 0 Å². The molecule has 2 atom stereocenters. The van der Waals surface area contributed by atoms with Crippen molar-refractivity contribution in [2.75, 3.05) is 0 Å². The van der Waals surface area contributed by atoms with Crippen LogP contribution in [-0.4, -0.2) is 11.6 Å². The van der Waals surface area contributed by atoms with Gasteiger partial charge in [-0.05, 0) is 25.2 Å². The van der Waals surface area contributed by atoms with Crippen LogP contribution in [0.2, 0.25) is 0 Å². The zero-order chi connectivity index (χ0) is 10.1. The maximum absolute atomic E-state index is 12.0. The van der Waals surface area contributed by atoms with Crippen molar-refractivity contribution in [3.05, 3.63) is 0 Å². The summed E-state index contributed by atoms with van der Waals surface area (Å²) < 4.78 is 0. The Morgan fingerprint density at radius 1 is 1.29 bits per heavy atom. The summed E-state index contributed by atoms with van der Waals surface area (Å²) in [4.78, 5) is 23.3. The number of carbonyl (C=O) groups is 2. The van der Waals surface area contributed by atoms with Crippen LogP contribution in [0.15, 0.2) is 0 Å². The number of ketones is 2. The van der Waals surface area contributed by atoms with Crippen molar-refractivity contribution in [2.24, 2.45) is 17.8 Å². The van der Waals surface area contributed by atoms with Crippen molar-refractivity contribution >= 4 is 11.6 Å². The predicted octanol–water partition coefficient (Wildman–Crippen LogP) is 2.36. The first-order valence-electron chi connectivity index (χ1n) is 5.74. The highest BCUT2D eigenvalue weighted by Crippen LogP contribution is 2.36. The van der Waals surface area contributed by atoms with Crippen molar-refractivity contribution in [1.29, 1.82) is 0 Å². The van der Waals surface area contributed by atoms with Crippen LogP contribution in [0.5, 0.6) is 0 Å². The van der Waals surface area contributed by atoms with E-state index < -0.39 is 0 Å². The van der Waals surface area contributed by atoms with Crippen LogP contribution in [0.1, 0.15) is 45.4 Å². The van der Waals surface area contributed by atoms with Gasteiger partial charge in [0.15, 0.2) is 0 Å². The Balaban J connectivity index is 1.99. The van der Waals surface area contributed by atoms with Gasteiger partial charge in [0.1, 0.15) is 11.6 Å². The second-order valence-corrected chi connectivity index (χ2v) is 4.90. The largest absolute Gasteiger partial charge is 0.300 e. The van der Waals surface area contributed by atoms with E-state index in [1.54, 1.807) is 0 Å². The summed E-state index contributed by atoms with van der Waals surface area (Å²) in [6, 6.07) is 0. The molecule has 2 saturated carbocycles. The van der Waals surface area contributed by atoms with Gasteiger partial charge in [-0.2, -0.15) is 0 Å². The first-order valence-corrected chi connectivity index (χ1v) is 5.74. The minimum Gasteiger partial charge on any atom is -0.300 e. The monoisotopic (exact) mass is 194 g/mol. The normalized spacial score (nSPS) is 33.9. The van der Waals surface area contributed by atoms with E-state index in [1.165, 1.54) is 6.42 Å². The Morgan fingerprint density at radius 3 is 2.57 bits per heavy atom. The van der Waals surface area contributed by atoms with Crippen LogP contribution < -0.4 is 0 Å². The van der Waals surface area contributed by atoms with Gasteiger partial charge >= 0.3 is 0 Å². The quantitative estimate of drug-likeness (QED) is 0.676. The minimum atomic E-state index is 0.0570. The van der Waals surface area contributed by atoms with Gasteiger partial charge in [0.2, 0.25) is 0 Å². The van der Waals surface area contributed by atoms with Crippen LogP contribution in [0.3, 0.4) is 0 Å². The molecule has 2 nitrogen and oxygen atoms in total. The first-order chi connectivity index (χ1) is 6.68. The zero-order valence-electron chi connectivity index (χ0n) is 8.79. The molecule has 0 bridgehead atoms. The first kappa shape index (κ1) is 9.88. The molecule has 2 fully saturated rings. The molecule has 0 aromatic rings. The van der Waals surface area contributed by atoms with Crippen LogP contribution >= 0.6 is 0 Å². The van der Waals surface area contributed by atoms with E-state index in [1.807, 2.05) is 0 Å². The summed E-state index contributed by atoms with van der Waals surface area (Å²) in [5, 5.41) is 0. The predicted molar refractivity (Wildman–Crippen MR) is 53.9 cm³/mol. The van der Waals surface area contributed by atoms with Crippen LogP contribution in [0, 0.1) is 17.8 Å². The molecule has 0 radical (unpaired) electrons. The highest BCUT2D eigenvalue weighted by atomic mass is 16.1. The molecule has 0 heterocycles. The molecule has 2 heteroatoms. The Kier molecular flexibility index (Phi) is 2.71. The molecule has 0 N–H and O–H groups in total. The molecule has 2 unspecified atom stereocenters. The molecule has 2 aliphatic carbocycles. The van der Waals surface area contributed by atoms with E-state index in [9.17, 15) is 9.59 Å². The molecule has 0 spiro atoms. The highest BCUT2D eigenvalue weighted by Gasteiger charge is 2.37. The second kappa shape index (κ2) is 3.84. The smallest absolute Gasteiger partial charge is 0.139 e. The average molecular weight is 194 g/mol. The van der Waals surface area contributed by atoms with E-state index >= 15 is 0 Å². The molecule has 14 heavy (non-hydrogen) atoms. The molecule has 2 aliphatic rings. The fourth-order valence-electron chi connectivity index (χ4n) is 2.51. The molecule has 0 aliphatic heterocycles. The molecule has 0 saturated heterocycles. The molecule has 78 valence electrons. The minimum absolute atomic E-state index is 0.0570. The molecular formula is C12H18O2. The lowest BCUT2D eigenvalue weighted by Gasteiger charge is -2.33. The van der Waals surface area contributed by atoms with E-state index in [2.05, 4.69) is 6.92 Å². The Hall–Kier alpha value is -0.660. The maximum atomic E-state index is 12.0. The van der Waals surface area contributed by atoms with Crippen molar-refractivity contribution in [3.8, 4) is 0 Å². The summed E-state index contributed by atoms with van der Waals surface area (Å²) in [7, 11) is 0. The Labute approximate surface area is 85.1 Å². The summed E-state index contributed by atoms with van der Waals surface area (Å²) in [6.07, 6.45) is 5.46. The molecule has 0 amide bonds. The van der Waals surface area contributed by atoms with E-state index in [0.29, 0.717) is 36.2 Å². The van der Waals surface area contributed by atoms with Gasteiger partial charge in [-0.1, -0.05) is 13.3 Å². The third-order valence-corrected chi connectivity index (χ3v) is 3.89. The maximum Gasteiger partial charge on any atom is 0.139 e. The van der Waals surface area contributed by atoms with Gasteiger partial charge in [-0.15, -0.1) is 0 Å². The van der Waals surface area contributed by atoms with Crippen LogP contribution in [0.25, 0.3) is 0 Å². The fourth-order valence-corrected chi connectivity index (χ4v) is 2.51. The molecule has 0 aromatic heterocycles. The van der Waals surface area contributed by atoms with Gasteiger partial charge < -0.3 is 0 Å². The second-order valence-electron chi connectivity index (χ2n) is 4.90. The van der Waals surface area contributed by atoms with Crippen LogP contribution in [-0.2, 0) is 9.59 Å². The average Bonchev–Trinajstić information content (AvgIpc) is 2.06. The van der Waals surface area contributed by atoms with Crippen molar-refractivity contribution in [3.63, 3.8) is 0 Å². The standard InChI is InChI=1S/C12H18O2/c1-8-5-6-10(13)7-11(8)12(14)9-3-2-4-9/h8-9,11H,2-7H2,1H3. The topological polar surface area (TPSA) is 34.1 Å². The van der Waals surface area contributed by atoms with Gasteiger partial charge in [0.05, 0.1) is 0 Å². The fraction of sp³-hybridized carbons (Fsp3) is 0.833. The number of rotatable bonds is 2. The summed E-state index contributed by atoms with van der Waals surface area (Å²) >= 11 is 0. The number of hydrogen-bond donors (Lipinski definition) is 0. The highest BCUT2D eigenvalue weighted by molar-refractivity contribution is 5.90. The molecular weight excluding hydrogens is 176 g/mol. The van der Waals surface area contributed by atoms with E-state index in [-0.39, 0.29) is 5.92 Å². The van der Waals surface area contributed by atoms with Crippen molar-refractivity contribution < 1.29 is 9.59 Å². The van der Waals surface area contributed by atoms with Crippen molar-refractivity contribution in [2.45, 2.75) is 45.4 Å². The summed E-state index contributed by atoms with van der Waals surface area (Å²) in [5.41, 5.74) is 0. The lowest BCUT2D eigenvalue weighted by atomic mass is 9.70. The van der Waals surface area contributed by atoms with Gasteiger partial charge in [0.25, 0.3) is 0 Å². The Morgan fingerprint density at radius 2 is 2.00 bits per heavy atom. The van der Waals surface area contributed by atoms with Gasteiger partial charge in [-0.3, -0.25) is 9.59 Å². The zero-order valence-corrected chi connectivity index (χ0v) is 8.79. The SMILES string of the molecule is CC1CCC(=O)CC1C(=O)C1CCC1. The Bertz CT molecular complexity index is 253. The van der Waals surface area contributed by atoms with Crippen LogP contribution in [0.4, 0.5) is 0 Å². The molecule has 0 aromatic carbocycles. The van der Waals surface area contributed by atoms with Gasteiger partial charge in [0, 0.05) is 24.7 Å². The molecule has 2 rings (SSSR count). The number of hydrogen-bond acceptors (Lipinski definition) is 2. The lowest BCUT2D eigenvalue weighted by molar-refractivity contribution is -0.136. The number of carbonyl (C=O) groups excluding carboxylic acids is 2. The number of Topliss-reactive ketones (excluding diaryl/α,β-unsaturated/α-hetero) is 2. The third kappa shape index (κ3) is 1.75. The van der Waals surface area contributed by atoms with E-state index in [0.717, 1.165) is 19.3 Å². The van der Waals surface area contributed by atoms with Crippen molar-refractivity contribution in [1.82, 2.24) is 0 Å². The summed E-state index contributed by atoms with van der Waals surface area (Å²) in [5.74, 6) is 1.47.